The first-order valence-electron chi connectivity index (χ1n) is 6.32. The van der Waals surface area contributed by atoms with E-state index in [1.54, 1.807) is 31.0 Å². The first kappa shape index (κ1) is 13.0. The van der Waals surface area contributed by atoms with Crippen LogP contribution in [-0.2, 0) is 5.60 Å². The molecule has 0 saturated heterocycles. The zero-order chi connectivity index (χ0) is 14.0. The fraction of sp³-hybridized carbons (Fsp3) is 0.214. The molecule has 0 saturated carbocycles. The topological polar surface area (TPSA) is 74.7 Å². The summed E-state index contributed by atoms with van der Waals surface area (Å²) in [6, 6.07) is 3.67. The Labute approximate surface area is 120 Å². The van der Waals surface area contributed by atoms with Crippen LogP contribution in [0.25, 0.3) is 10.6 Å². The monoisotopic (exact) mass is 286 g/mol. The summed E-state index contributed by atoms with van der Waals surface area (Å²) in [5.41, 5.74) is 0.731. The fourth-order valence-electron chi connectivity index (χ4n) is 2.11. The molecule has 0 fully saturated rings. The normalized spacial score (nSPS) is 14.1. The molecule has 102 valence electrons. The van der Waals surface area contributed by atoms with Crippen LogP contribution in [0.1, 0.15) is 23.8 Å². The lowest BCUT2D eigenvalue weighted by molar-refractivity contribution is 0.0801. The molecule has 6 heteroatoms. The predicted octanol–water partition coefficient (Wildman–Crippen LogP) is 2.57. The van der Waals surface area contributed by atoms with Gasteiger partial charge in [0.1, 0.15) is 10.6 Å². The van der Waals surface area contributed by atoms with E-state index in [9.17, 15) is 5.11 Å². The Morgan fingerprint density at radius 1 is 1.30 bits per heavy atom. The van der Waals surface area contributed by atoms with Gasteiger partial charge in [-0.3, -0.25) is 10.1 Å². The Balaban J connectivity index is 2.02. The van der Waals surface area contributed by atoms with Crippen molar-refractivity contribution in [2.24, 2.45) is 0 Å². The minimum absolute atomic E-state index is 0.573. The Morgan fingerprint density at radius 3 is 2.75 bits per heavy atom. The number of nitrogens with zero attached hydrogens (tertiary/aromatic N) is 3. The van der Waals surface area contributed by atoms with Gasteiger partial charge < -0.3 is 5.11 Å². The smallest absolute Gasteiger partial charge is 0.126 e. The second-order valence-corrected chi connectivity index (χ2v) is 5.50. The third kappa shape index (κ3) is 2.13. The van der Waals surface area contributed by atoms with E-state index in [1.165, 1.54) is 11.3 Å². The van der Waals surface area contributed by atoms with Gasteiger partial charge in [-0.2, -0.15) is 5.10 Å². The molecule has 0 bridgehead atoms. The summed E-state index contributed by atoms with van der Waals surface area (Å²) in [4.78, 5) is 9.20. The van der Waals surface area contributed by atoms with Crippen LogP contribution < -0.4 is 0 Å². The van der Waals surface area contributed by atoms with Gasteiger partial charge in [-0.1, -0.05) is 6.92 Å². The SMILES string of the molecule is CC[C@](O)(c1ccncc1)c1cnc(-c2cn[nH]c2)s1. The van der Waals surface area contributed by atoms with E-state index < -0.39 is 5.60 Å². The molecule has 0 radical (unpaired) electrons. The predicted molar refractivity (Wildman–Crippen MR) is 77.2 cm³/mol. The van der Waals surface area contributed by atoms with Crippen LogP contribution in [0.15, 0.2) is 43.1 Å². The van der Waals surface area contributed by atoms with Gasteiger partial charge in [0.2, 0.25) is 0 Å². The summed E-state index contributed by atoms with van der Waals surface area (Å²) in [5, 5.41) is 18.5. The molecule has 5 nitrogen and oxygen atoms in total. The van der Waals surface area contributed by atoms with Gasteiger partial charge in [-0.15, -0.1) is 11.3 Å². The number of aliphatic hydroxyl groups is 1. The van der Waals surface area contributed by atoms with Crippen molar-refractivity contribution in [2.45, 2.75) is 18.9 Å². The molecular weight excluding hydrogens is 272 g/mol. The third-order valence-corrected chi connectivity index (χ3v) is 4.53. The van der Waals surface area contributed by atoms with Crippen molar-refractivity contribution in [3.63, 3.8) is 0 Å². The quantitative estimate of drug-likeness (QED) is 0.773. The number of rotatable bonds is 4. The van der Waals surface area contributed by atoms with Gasteiger partial charge in [0.05, 0.1) is 11.1 Å². The molecule has 3 aromatic rings. The maximum absolute atomic E-state index is 11.0. The van der Waals surface area contributed by atoms with Crippen molar-refractivity contribution in [1.82, 2.24) is 20.2 Å². The van der Waals surface area contributed by atoms with Gasteiger partial charge in [0, 0.05) is 30.4 Å². The van der Waals surface area contributed by atoms with Gasteiger partial charge in [0.25, 0.3) is 0 Å². The molecule has 1 atom stereocenters. The van der Waals surface area contributed by atoms with Gasteiger partial charge in [0.15, 0.2) is 0 Å². The van der Waals surface area contributed by atoms with E-state index in [0.717, 1.165) is 21.0 Å². The fourth-order valence-corrected chi connectivity index (χ4v) is 3.19. The summed E-state index contributed by atoms with van der Waals surface area (Å²) in [6.45, 7) is 1.96. The highest BCUT2D eigenvalue weighted by atomic mass is 32.1. The second kappa shape index (κ2) is 5.15. The van der Waals surface area contributed by atoms with Crippen molar-refractivity contribution in [1.29, 1.82) is 0 Å². The summed E-state index contributed by atoms with van der Waals surface area (Å²) < 4.78 is 0. The summed E-state index contributed by atoms with van der Waals surface area (Å²) in [5.74, 6) is 0. The molecule has 0 aliphatic rings. The van der Waals surface area contributed by atoms with Gasteiger partial charge in [-0.25, -0.2) is 4.98 Å². The van der Waals surface area contributed by atoms with E-state index in [0.29, 0.717) is 6.42 Å². The molecule has 0 aliphatic heterocycles. The van der Waals surface area contributed by atoms with E-state index in [-0.39, 0.29) is 0 Å². The number of hydrogen-bond acceptors (Lipinski definition) is 5. The summed E-state index contributed by atoms with van der Waals surface area (Å²) in [7, 11) is 0. The second-order valence-electron chi connectivity index (χ2n) is 4.47. The minimum atomic E-state index is -1.03. The molecule has 0 unspecified atom stereocenters. The molecule has 20 heavy (non-hydrogen) atoms. The number of hydrogen-bond donors (Lipinski definition) is 2. The average Bonchev–Trinajstić information content (AvgIpc) is 3.18. The number of H-pyrrole nitrogens is 1. The van der Waals surface area contributed by atoms with E-state index in [1.807, 2.05) is 19.1 Å². The first-order valence-corrected chi connectivity index (χ1v) is 7.14. The number of pyridine rings is 1. The maximum atomic E-state index is 11.0. The van der Waals surface area contributed by atoms with Crippen LogP contribution in [0.3, 0.4) is 0 Å². The van der Waals surface area contributed by atoms with E-state index >= 15 is 0 Å². The van der Waals surface area contributed by atoms with E-state index in [4.69, 9.17) is 0 Å². The molecule has 0 aliphatic carbocycles. The molecule has 3 rings (SSSR count). The van der Waals surface area contributed by atoms with Crippen molar-refractivity contribution in [2.75, 3.05) is 0 Å². The summed E-state index contributed by atoms with van der Waals surface area (Å²) in [6.07, 6.45) is 9.20. The van der Waals surface area contributed by atoms with Gasteiger partial charge in [-0.05, 0) is 24.1 Å². The highest BCUT2D eigenvalue weighted by Crippen LogP contribution is 2.38. The van der Waals surface area contributed by atoms with Crippen LogP contribution in [0.4, 0.5) is 0 Å². The van der Waals surface area contributed by atoms with Crippen LogP contribution in [0, 0.1) is 0 Å². The van der Waals surface area contributed by atoms with Crippen molar-refractivity contribution in [3.05, 3.63) is 53.6 Å². The third-order valence-electron chi connectivity index (χ3n) is 3.33. The zero-order valence-electron chi connectivity index (χ0n) is 10.9. The van der Waals surface area contributed by atoms with Crippen molar-refractivity contribution >= 4 is 11.3 Å². The number of nitrogens with one attached hydrogen (secondary N) is 1. The molecule has 3 heterocycles. The van der Waals surface area contributed by atoms with Crippen molar-refractivity contribution in [3.8, 4) is 10.6 Å². The van der Waals surface area contributed by atoms with Crippen molar-refractivity contribution < 1.29 is 5.11 Å². The van der Waals surface area contributed by atoms with Crippen LogP contribution in [0.5, 0.6) is 0 Å². The van der Waals surface area contributed by atoms with Crippen LogP contribution in [-0.4, -0.2) is 25.3 Å². The largest absolute Gasteiger partial charge is 0.379 e. The number of aromatic nitrogens is 4. The Bertz CT molecular complexity index is 680. The lowest BCUT2D eigenvalue weighted by atomic mass is 9.91. The molecule has 0 spiro atoms. The number of aromatic amines is 1. The Morgan fingerprint density at radius 2 is 2.10 bits per heavy atom. The highest BCUT2D eigenvalue weighted by Gasteiger charge is 2.32. The summed E-state index contributed by atoms with van der Waals surface area (Å²) >= 11 is 1.48. The standard InChI is InChI=1S/C14H14N4OS/c1-2-14(19,11-3-5-15-6-4-11)12-9-16-13(20-12)10-7-17-18-8-10/h3-9,19H,2H2,1H3,(H,17,18)/t14-/m0/s1. The molecule has 0 amide bonds. The zero-order valence-corrected chi connectivity index (χ0v) is 11.8. The molecule has 2 N–H and O–H groups in total. The lowest BCUT2D eigenvalue weighted by Crippen LogP contribution is -2.24. The highest BCUT2D eigenvalue weighted by molar-refractivity contribution is 7.15. The lowest BCUT2D eigenvalue weighted by Gasteiger charge is -2.25. The molecule has 3 aromatic heterocycles. The van der Waals surface area contributed by atoms with E-state index in [2.05, 4.69) is 20.2 Å². The Hall–Kier alpha value is -2.05. The average molecular weight is 286 g/mol. The first-order chi connectivity index (χ1) is 9.74. The Kier molecular flexibility index (Phi) is 3.33. The molecule has 0 aromatic carbocycles. The van der Waals surface area contributed by atoms with Crippen LogP contribution >= 0.6 is 11.3 Å². The maximum Gasteiger partial charge on any atom is 0.126 e. The minimum Gasteiger partial charge on any atom is -0.379 e. The number of thiazole rings is 1. The van der Waals surface area contributed by atoms with Crippen LogP contribution in [0.2, 0.25) is 0 Å². The van der Waals surface area contributed by atoms with Gasteiger partial charge >= 0.3 is 0 Å². The molecular formula is C14H14N4OS.